The second-order valence-corrected chi connectivity index (χ2v) is 5.70. The van der Waals surface area contributed by atoms with E-state index in [-0.39, 0.29) is 18.0 Å². The third-order valence-corrected chi connectivity index (χ3v) is 3.14. The molecule has 5 heteroatoms. The Hall–Kier alpha value is -1.36. The third kappa shape index (κ3) is 4.35. The van der Waals surface area contributed by atoms with E-state index in [4.69, 9.17) is 0 Å². The van der Waals surface area contributed by atoms with Crippen molar-refractivity contribution in [3.8, 4) is 0 Å². The van der Waals surface area contributed by atoms with Crippen LogP contribution in [0.25, 0.3) is 0 Å². The molecule has 0 radical (unpaired) electrons. The van der Waals surface area contributed by atoms with Gasteiger partial charge in [-0.3, -0.25) is 10.1 Å². The lowest BCUT2D eigenvalue weighted by molar-refractivity contribution is -0.131. The largest absolute Gasteiger partial charge is 0.347 e. The third-order valence-electron chi connectivity index (χ3n) is 3.14. The molecule has 5 nitrogen and oxygen atoms in total. The van der Waals surface area contributed by atoms with Gasteiger partial charge in [-0.15, -0.1) is 0 Å². The molecule has 108 valence electrons. The molecule has 1 heterocycles. The Balaban J connectivity index is 2.77. The first kappa shape index (κ1) is 15.7. The molecule has 1 N–H and O–H groups in total. The lowest BCUT2D eigenvalue weighted by Gasteiger charge is -2.26. The van der Waals surface area contributed by atoms with Gasteiger partial charge < -0.3 is 9.47 Å². The molecular weight excluding hydrogens is 240 g/mol. The first-order chi connectivity index (χ1) is 8.82. The maximum Gasteiger partial charge on any atom is 0.239 e. The van der Waals surface area contributed by atoms with Crippen LogP contribution < -0.4 is 5.32 Å². The number of aryl methyl sites for hydroxylation is 1. The van der Waals surface area contributed by atoms with E-state index in [1.165, 1.54) is 0 Å². The van der Waals surface area contributed by atoms with Crippen molar-refractivity contribution in [2.75, 3.05) is 14.1 Å². The summed E-state index contributed by atoms with van der Waals surface area (Å²) < 4.78 is 1.98. The van der Waals surface area contributed by atoms with Crippen LogP contribution in [0.3, 0.4) is 0 Å². The van der Waals surface area contributed by atoms with Crippen LogP contribution in [0.1, 0.15) is 39.1 Å². The standard InChI is InChI=1S/C14H26N4O/c1-10(2)9-12(14(19)17(4)5)16-11(3)13-15-7-8-18(13)6/h7-8,10-12,16H,9H2,1-6H3. The summed E-state index contributed by atoms with van der Waals surface area (Å²) in [5.74, 6) is 1.53. The van der Waals surface area contributed by atoms with E-state index in [1.54, 1.807) is 25.2 Å². The number of likely N-dealkylation sites (N-methyl/N-ethyl adjacent to an activating group) is 1. The van der Waals surface area contributed by atoms with Crippen molar-refractivity contribution in [3.63, 3.8) is 0 Å². The lowest BCUT2D eigenvalue weighted by atomic mass is 10.0. The number of carbonyl (C=O) groups excluding carboxylic acids is 1. The maximum absolute atomic E-state index is 12.2. The van der Waals surface area contributed by atoms with E-state index in [0.29, 0.717) is 5.92 Å². The van der Waals surface area contributed by atoms with Gasteiger partial charge in [0.25, 0.3) is 0 Å². The molecule has 1 amide bonds. The number of carbonyl (C=O) groups is 1. The van der Waals surface area contributed by atoms with Gasteiger partial charge in [-0.2, -0.15) is 0 Å². The van der Waals surface area contributed by atoms with Gasteiger partial charge in [0.15, 0.2) is 0 Å². The highest BCUT2D eigenvalue weighted by Crippen LogP contribution is 2.14. The zero-order chi connectivity index (χ0) is 14.6. The quantitative estimate of drug-likeness (QED) is 0.850. The van der Waals surface area contributed by atoms with Gasteiger partial charge in [0.1, 0.15) is 5.82 Å². The zero-order valence-corrected chi connectivity index (χ0v) is 12.8. The monoisotopic (exact) mass is 266 g/mol. The minimum absolute atomic E-state index is 0.0487. The summed E-state index contributed by atoms with van der Waals surface area (Å²) >= 11 is 0. The van der Waals surface area contributed by atoms with Gasteiger partial charge in [0, 0.05) is 33.5 Å². The molecule has 0 aliphatic heterocycles. The summed E-state index contributed by atoms with van der Waals surface area (Å²) in [7, 11) is 5.55. The summed E-state index contributed by atoms with van der Waals surface area (Å²) in [5, 5.41) is 3.40. The average molecular weight is 266 g/mol. The summed E-state index contributed by atoms with van der Waals surface area (Å²) in [4.78, 5) is 18.2. The molecule has 2 atom stereocenters. The first-order valence-electron chi connectivity index (χ1n) is 6.77. The Bertz CT molecular complexity index is 411. The molecule has 0 saturated carbocycles. The fraction of sp³-hybridized carbons (Fsp3) is 0.714. The highest BCUT2D eigenvalue weighted by Gasteiger charge is 2.24. The number of rotatable bonds is 6. The van der Waals surface area contributed by atoms with Crippen molar-refractivity contribution in [1.29, 1.82) is 0 Å². The van der Waals surface area contributed by atoms with Crippen molar-refractivity contribution in [2.24, 2.45) is 13.0 Å². The Morgan fingerprint density at radius 1 is 1.42 bits per heavy atom. The molecule has 1 rings (SSSR count). The van der Waals surface area contributed by atoms with Crippen LogP contribution in [0.15, 0.2) is 12.4 Å². The number of nitrogens with one attached hydrogen (secondary N) is 1. The Kier molecular flexibility index (Phi) is 5.54. The normalized spacial score (nSPS) is 14.5. The predicted octanol–water partition coefficient (Wildman–Crippen LogP) is 1.57. The number of hydrogen-bond donors (Lipinski definition) is 1. The molecule has 0 spiro atoms. The fourth-order valence-electron chi connectivity index (χ4n) is 2.19. The molecule has 0 aliphatic carbocycles. The predicted molar refractivity (Wildman–Crippen MR) is 76.7 cm³/mol. The zero-order valence-electron chi connectivity index (χ0n) is 12.8. The van der Waals surface area contributed by atoms with Crippen molar-refractivity contribution >= 4 is 5.91 Å². The second-order valence-electron chi connectivity index (χ2n) is 5.70. The fourth-order valence-corrected chi connectivity index (χ4v) is 2.19. The summed E-state index contributed by atoms with van der Waals surface area (Å²) in [6, 6.07) is -0.116. The average Bonchev–Trinajstić information content (AvgIpc) is 2.72. The highest BCUT2D eigenvalue weighted by molar-refractivity contribution is 5.81. The van der Waals surface area contributed by atoms with Crippen LogP contribution in [0.2, 0.25) is 0 Å². The van der Waals surface area contributed by atoms with Crippen LogP contribution in [-0.2, 0) is 11.8 Å². The molecule has 19 heavy (non-hydrogen) atoms. The first-order valence-corrected chi connectivity index (χ1v) is 6.77. The van der Waals surface area contributed by atoms with E-state index < -0.39 is 0 Å². The molecule has 0 aliphatic rings. The minimum Gasteiger partial charge on any atom is -0.347 e. The van der Waals surface area contributed by atoms with Gasteiger partial charge in [-0.1, -0.05) is 13.8 Å². The maximum atomic E-state index is 12.2. The minimum atomic E-state index is -0.165. The Morgan fingerprint density at radius 3 is 2.47 bits per heavy atom. The van der Waals surface area contributed by atoms with E-state index in [2.05, 4.69) is 24.1 Å². The van der Waals surface area contributed by atoms with Crippen molar-refractivity contribution in [3.05, 3.63) is 18.2 Å². The summed E-state index contributed by atoms with van der Waals surface area (Å²) in [6.45, 7) is 6.30. The number of hydrogen-bond acceptors (Lipinski definition) is 3. The van der Waals surface area contributed by atoms with E-state index in [1.807, 2.05) is 24.7 Å². The highest BCUT2D eigenvalue weighted by atomic mass is 16.2. The van der Waals surface area contributed by atoms with Crippen molar-refractivity contribution in [1.82, 2.24) is 19.8 Å². The van der Waals surface area contributed by atoms with Gasteiger partial charge in [0.05, 0.1) is 12.1 Å². The molecule has 0 bridgehead atoms. The van der Waals surface area contributed by atoms with E-state index in [0.717, 1.165) is 12.2 Å². The van der Waals surface area contributed by atoms with Gasteiger partial charge in [0.2, 0.25) is 5.91 Å². The molecule has 0 saturated heterocycles. The van der Waals surface area contributed by atoms with Crippen LogP contribution >= 0.6 is 0 Å². The Morgan fingerprint density at radius 2 is 2.05 bits per heavy atom. The molecular formula is C14H26N4O. The topological polar surface area (TPSA) is 50.2 Å². The van der Waals surface area contributed by atoms with Gasteiger partial charge in [-0.05, 0) is 19.3 Å². The molecule has 1 aromatic rings. The van der Waals surface area contributed by atoms with Crippen molar-refractivity contribution < 1.29 is 4.79 Å². The molecule has 2 unspecified atom stereocenters. The van der Waals surface area contributed by atoms with E-state index in [9.17, 15) is 4.79 Å². The number of imidazole rings is 1. The molecule has 0 fully saturated rings. The van der Waals surface area contributed by atoms with Crippen LogP contribution in [-0.4, -0.2) is 40.5 Å². The summed E-state index contributed by atoms with van der Waals surface area (Å²) in [6.07, 6.45) is 4.52. The number of nitrogens with zero attached hydrogens (tertiary/aromatic N) is 3. The van der Waals surface area contributed by atoms with Crippen LogP contribution in [0.5, 0.6) is 0 Å². The molecule has 1 aromatic heterocycles. The smallest absolute Gasteiger partial charge is 0.239 e. The lowest BCUT2D eigenvalue weighted by Crippen LogP contribution is -2.45. The Labute approximate surface area is 116 Å². The SMILES string of the molecule is CC(C)CC(NC(C)c1nccn1C)C(=O)N(C)C. The summed E-state index contributed by atoms with van der Waals surface area (Å²) in [5.41, 5.74) is 0. The van der Waals surface area contributed by atoms with E-state index >= 15 is 0 Å². The second kappa shape index (κ2) is 6.70. The van der Waals surface area contributed by atoms with Crippen molar-refractivity contribution in [2.45, 2.75) is 39.3 Å². The van der Waals surface area contributed by atoms with Gasteiger partial charge >= 0.3 is 0 Å². The van der Waals surface area contributed by atoms with Crippen LogP contribution in [0.4, 0.5) is 0 Å². The number of amides is 1. The van der Waals surface area contributed by atoms with Crippen LogP contribution in [0, 0.1) is 5.92 Å². The van der Waals surface area contributed by atoms with Gasteiger partial charge in [-0.25, -0.2) is 4.98 Å². The number of aromatic nitrogens is 2. The molecule has 0 aromatic carbocycles.